The number of rotatable bonds is 3. The van der Waals surface area contributed by atoms with Crippen LogP contribution in [0.25, 0.3) is 11.1 Å². The number of non-ortho nitro benzene ring substituents is 1. The molecule has 0 fully saturated rings. The van der Waals surface area contributed by atoms with Crippen molar-refractivity contribution in [1.29, 1.82) is 0 Å². The van der Waals surface area contributed by atoms with E-state index in [1.807, 2.05) is 0 Å². The quantitative estimate of drug-likeness (QED) is 0.542. The predicted molar refractivity (Wildman–Crippen MR) is 79.9 cm³/mol. The number of aromatic nitrogens is 1. The Bertz CT molecular complexity index is 968. The molecule has 23 heavy (non-hydrogen) atoms. The number of nitro groups is 1. The number of carbonyl (C=O) groups is 1. The second kappa shape index (κ2) is 5.41. The van der Waals surface area contributed by atoms with Crippen LogP contribution in [0.4, 0.5) is 5.69 Å². The highest BCUT2D eigenvalue weighted by atomic mass is 16.6. The molecule has 8 nitrogen and oxygen atoms in total. The lowest BCUT2D eigenvalue weighted by atomic mass is 10.2. The number of ether oxygens (including phenoxy) is 1. The summed E-state index contributed by atoms with van der Waals surface area (Å²) in [5.41, 5.74) is 0.178. The Labute approximate surface area is 128 Å². The first-order valence-electron chi connectivity index (χ1n) is 6.50. The molecule has 0 saturated heterocycles. The molecule has 0 aliphatic heterocycles. The van der Waals surface area contributed by atoms with E-state index in [9.17, 15) is 19.7 Å². The fraction of sp³-hybridized carbons (Fsp3) is 0.0667. The molecule has 3 aromatic rings. The molecule has 0 atom stereocenters. The van der Waals surface area contributed by atoms with Crippen molar-refractivity contribution in [3.8, 4) is 5.75 Å². The van der Waals surface area contributed by atoms with Crippen molar-refractivity contribution < 1.29 is 18.9 Å². The van der Waals surface area contributed by atoms with Gasteiger partial charge in [0.15, 0.2) is 5.58 Å². The van der Waals surface area contributed by atoms with Gasteiger partial charge in [0.1, 0.15) is 5.75 Å². The summed E-state index contributed by atoms with van der Waals surface area (Å²) in [6.45, 7) is 0. The van der Waals surface area contributed by atoms with Gasteiger partial charge in [-0.1, -0.05) is 0 Å². The van der Waals surface area contributed by atoms with Crippen LogP contribution in [0.3, 0.4) is 0 Å². The van der Waals surface area contributed by atoms with Gasteiger partial charge in [0.2, 0.25) is 0 Å². The third kappa shape index (κ3) is 2.46. The molecule has 1 aromatic heterocycles. The number of hydrogen-bond donors (Lipinski definition) is 0. The van der Waals surface area contributed by atoms with Crippen LogP contribution in [0.2, 0.25) is 0 Å². The molecule has 0 bridgehead atoms. The smallest absolute Gasteiger partial charge is 0.427 e. The number of fused-ring (bicyclic) bond motifs is 1. The molecule has 0 aliphatic rings. The van der Waals surface area contributed by atoms with Gasteiger partial charge in [-0.05, 0) is 30.3 Å². The number of nitrogens with zero attached hydrogens (tertiary/aromatic N) is 2. The van der Waals surface area contributed by atoms with Crippen LogP contribution in [0.15, 0.2) is 51.7 Å². The Morgan fingerprint density at radius 1 is 1.22 bits per heavy atom. The van der Waals surface area contributed by atoms with Gasteiger partial charge in [0.05, 0.1) is 23.6 Å². The molecular weight excluding hydrogens is 304 g/mol. The monoisotopic (exact) mass is 314 g/mol. The molecule has 0 saturated carbocycles. The summed E-state index contributed by atoms with van der Waals surface area (Å²) in [5.74, 6) is -0.923. The van der Waals surface area contributed by atoms with E-state index in [1.54, 1.807) is 12.1 Å². The average Bonchev–Trinajstić information content (AvgIpc) is 2.89. The standard InChI is InChI=1S/C15H10N2O6/c1-22-11-5-2-9(3-6-11)14(18)16-12-7-4-10(17(20)21)8-13(12)23-15(16)19/h2-8H,1H3. The maximum absolute atomic E-state index is 12.5. The van der Waals surface area contributed by atoms with Crippen LogP contribution in [0, 0.1) is 10.1 Å². The van der Waals surface area contributed by atoms with Gasteiger partial charge >= 0.3 is 5.76 Å². The average molecular weight is 314 g/mol. The second-order valence-electron chi connectivity index (χ2n) is 4.65. The lowest BCUT2D eigenvalue weighted by molar-refractivity contribution is -0.384. The highest BCUT2D eigenvalue weighted by Crippen LogP contribution is 2.21. The molecule has 8 heteroatoms. The highest BCUT2D eigenvalue weighted by Gasteiger charge is 2.19. The van der Waals surface area contributed by atoms with Crippen LogP contribution >= 0.6 is 0 Å². The summed E-state index contributed by atoms with van der Waals surface area (Å²) in [7, 11) is 1.50. The van der Waals surface area contributed by atoms with Gasteiger partial charge < -0.3 is 9.15 Å². The maximum atomic E-state index is 12.5. The molecule has 0 radical (unpaired) electrons. The third-order valence-corrected chi connectivity index (χ3v) is 3.32. The molecular formula is C15H10N2O6. The van der Waals surface area contributed by atoms with Crippen molar-refractivity contribution in [3.05, 3.63) is 68.7 Å². The third-order valence-electron chi connectivity index (χ3n) is 3.32. The molecule has 0 aliphatic carbocycles. The van der Waals surface area contributed by atoms with Crippen molar-refractivity contribution in [3.63, 3.8) is 0 Å². The number of methoxy groups -OCH3 is 1. The van der Waals surface area contributed by atoms with E-state index in [2.05, 4.69) is 0 Å². The fourth-order valence-electron chi connectivity index (χ4n) is 2.18. The molecule has 0 amide bonds. The van der Waals surface area contributed by atoms with Crippen molar-refractivity contribution in [2.45, 2.75) is 0 Å². The van der Waals surface area contributed by atoms with Gasteiger partial charge in [-0.15, -0.1) is 0 Å². The van der Waals surface area contributed by atoms with Gasteiger partial charge in [0, 0.05) is 11.6 Å². The molecule has 0 N–H and O–H groups in total. The Morgan fingerprint density at radius 2 is 1.91 bits per heavy atom. The van der Waals surface area contributed by atoms with E-state index in [-0.39, 0.29) is 22.4 Å². The summed E-state index contributed by atoms with van der Waals surface area (Å²) in [4.78, 5) is 34.6. The first-order chi connectivity index (χ1) is 11.0. The molecule has 3 rings (SSSR count). The Hall–Kier alpha value is -3.42. The van der Waals surface area contributed by atoms with Gasteiger partial charge in [-0.25, -0.2) is 9.36 Å². The predicted octanol–water partition coefficient (Wildman–Crippen LogP) is 2.20. The number of hydrogen-bond acceptors (Lipinski definition) is 6. The van der Waals surface area contributed by atoms with Crippen molar-refractivity contribution in [2.24, 2.45) is 0 Å². The van der Waals surface area contributed by atoms with E-state index in [0.29, 0.717) is 5.75 Å². The minimum atomic E-state index is -0.902. The van der Waals surface area contributed by atoms with Crippen molar-refractivity contribution in [1.82, 2.24) is 4.57 Å². The number of carbonyl (C=O) groups excluding carboxylic acids is 1. The van der Waals surface area contributed by atoms with E-state index < -0.39 is 16.6 Å². The number of oxazole rings is 1. The summed E-state index contributed by atoms with van der Waals surface area (Å²) >= 11 is 0. The van der Waals surface area contributed by atoms with Gasteiger partial charge in [0.25, 0.3) is 11.6 Å². The number of nitro benzene ring substituents is 1. The van der Waals surface area contributed by atoms with E-state index in [1.165, 1.54) is 31.4 Å². The summed E-state index contributed by atoms with van der Waals surface area (Å²) in [6, 6.07) is 9.82. The van der Waals surface area contributed by atoms with Gasteiger partial charge in [-0.2, -0.15) is 0 Å². The number of benzene rings is 2. The Balaban J connectivity index is 2.11. The maximum Gasteiger partial charge on any atom is 0.427 e. The molecule has 0 spiro atoms. The van der Waals surface area contributed by atoms with Crippen LogP contribution in [0.5, 0.6) is 5.75 Å². The van der Waals surface area contributed by atoms with E-state index in [0.717, 1.165) is 10.6 Å². The van der Waals surface area contributed by atoms with Gasteiger partial charge in [-0.3, -0.25) is 14.9 Å². The fourth-order valence-corrected chi connectivity index (χ4v) is 2.18. The minimum absolute atomic E-state index is 0.0222. The first-order valence-corrected chi connectivity index (χ1v) is 6.50. The first kappa shape index (κ1) is 14.5. The zero-order chi connectivity index (χ0) is 16.6. The molecule has 1 heterocycles. The Morgan fingerprint density at radius 3 is 2.52 bits per heavy atom. The lowest BCUT2D eigenvalue weighted by Crippen LogP contribution is -2.23. The lowest BCUT2D eigenvalue weighted by Gasteiger charge is -2.03. The van der Waals surface area contributed by atoms with E-state index >= 15 is 0 Å². The van der Waals surface area contributed by atoms with Crippen LogP contribution in [-0.2, 0) is 0 Å². The van der Waals surface area contributed by atoms with E-state index in [4.69, 9.17) is 9.15 Å². The van der Waals surface area contributed by atoms with Crippen LogP contribution < -0.4 is 10.5 Å². The summed E-state index contributed by atoms with van der Waals surface area (Å²) in [6.07, 6.45) is 0. The summed E-state index contributed by atoms with van der Waals surface area (Å²) in [5, 5.41) is 10.8. The summed E-state index contributed by atoms with van der Waals surface area (Å²) < 4.78 is 10.8. The topological polar surface area (TPSA) is 105 Å². The minimum Gasteiger partial charge on any atom is -0.497 e. The zero-order valence-electron chi connectivity index (χ0n) is 11.9. The largest absolute Gasteiger partial charge is 0.497 e. The molecule has 116 valence electrons. The Kier molecular flexibility index (Phi) is 3.41. The molecule has 0 unspecified atom stereocenters. The van der Waals surface area contributed by atoms with Crippen molar-refractivity contribution >= 4 is 22.7 Å². The van der Waals surface area contributed by atoms with Crippen LogP contribution in [0.1, 0.15) is 10.4 Å². The second-order valence-corrected chi connectivity index (χ2v) is 4.65. The molecule has 2 aromatic carbocycles. The van der Waals surface area contributed by atoms with Crippen molar-refractivity contribution in [2.75, 3.05) is 7.11 Å². The van der Waals surface area contributed by atoms with Crippen LogP contribution in [-0.4, -0.2) is 22.5 Å². The zero-order valence-corrected chi connectivity index (χ0v) is 11.9. The highest BCUT2D eigenvalue weighted by molar-refractivity contribution is 6.00. The normalized spacial score (nSPS) is 10.7. The SMILES string of the molecule is COc1ccc(C(=O)n2c(=O)oc3cc([N+](=O)[O-])ccc32)cc1.